The monoisotopic (exact) mass is 236 g/mol. The second-order valence-corrected chi connectivity index (χ2v) is 4.81. The van der Waals surface area contributed by atoms with Crippen molar-refractivity contribution in [1.29, 1.82) is 0 Å². The van der Waals surface area contributed by atoms with Gasteiger partial charge in [0, 0.05) is 0 Å². The van der Waals surface area contributed by atoms with Gasteiger partial charge in [-0.05, 0) is 31.5 Å². The van der Waals surface area contributed by atoms with Crippen molar-refractivity contribution in [2.24, 2.45) is 0 Å². The molecule has 0 aromatic heterocycles. The van der Waals surface area contributed by atoms with E-state index in [-0.39, 0.29) is 5.41 Å². The molecule has 2 aromatic rings. The fourth-order valence-electron chi connectivity index (χ4n) is 2.13. The standard InChI is InChI=1S/C16H16N2/c1-16(2,14-11-7-4-8-12-14)15(18-17)13-9-5-3-6-10-13/h3-12H,1-2H3. The average molecular weight is 236 g/mol. The van der Waals surface area contributed by atoms with Crippen molar-refractivity contribution in [3.63, 3.8) is 0 Å². The molecule has 0 amide bonds. The minimum atomic E-state index is -0.336. The summed E-state index contributed by atoms with van der Waals surface area (Å²) in [5.41, 5.74) is 11.8. The van der Waals surface area contributed by atoms with Crippen LogP contribution in [0.4, 0.5) is 0 Å². The average Bonchev–Trinajstić information content (AvgIpc) is 2.41. The third-order valence-electron chi connectivity index (χ3n) is 3.23. The molecule has 0 radical (unpaired) electrons. The summed E-state index contributed by atoms with van der Waals surface area (Å²) in [6, 6.07) is 19.8. The number of benzene rings is 2. The van der Waals surface area contributed by atoms with Gasteiger partial charge in [-0.3, -0.25) is 0 Å². The van der Waals surface area contributed by atoms with E-state index in [0.717, 1.165) is 11.1 Å². The van der Waals surface area contributed by atoms with Crippen molar-refractivity contribution in [2.75, 3.05) is 0 Å². The summed E-state index contributed by atoms with van der Waals surface area (Å²) < 4.78 is 0. The smallest absolute Gasteiger partial charge is 0.309 e. The molecule has 18 heavy (non-hydrogen) atoms. The highest BCUT2D eigenvalue weighted by Crippen LogP contribution is 2.27. The molecule has 0 saturated carbocycles. The van der Waals surface area contributed by atoms with Crippen LogP contribution in [0.5, 0.6) is 0 Å². The van der Waals surface area contributed by atoms with Crippen LogP contribution in [-0.4, -0.2) is 10.5 Å². The molecule has 0 aliphatic heterocycles. The summed E-state index contributed by atoms with van der Waals surface area (Å²) in [5.74, 6) is 0. The summed E-state index contributed by atoms with van der Waals surface area (Å²) in [5, 5.41) is 0. The first-order chi connectivity index (χ1) is 8.66. The van der Waals surface area contributed by atoms with Crippen LogP contribution < -0.4 is 0 Å². The number of nitrogens with zero attached hydrogens (tertiary/aromatic N) is 2. The molecule has 0 aliphatic rings. The lowest BCUT2D eigenvalue weighted by molar-refractivity contribution is -0.0122. The predicted octanol–water partition coefficient (Wildman–Crippen LogP) is 3.68. The summed E-state index contributed by atoms with van der Waals surface area (Å²) in [4.78, 5) is 3.52. The minimum absolute atomic E-state index is 0.336. The highest BCUT2D eigenvalue weighted by atomic mass is 14.9. The second kappa shape index (κ2) is 4.99. The molecule has 0 atom stereocenters. The van der Waals surface area contributed by atoms with Gasteiger partial charge < -0.3 is 5.53 Å². The summed E-state index contributed by atoms with van der Waals surface area (Å²) in [7, 11) is 0. The Balaban J connectivity index is 2.50. The Labute approximate surface area is 108 Å². The van der Waals surface area contributed by atoms with E-state index in [1.807, 2.05) is 60.7 Å². The maximum Gasteiger partial charge on any atom is 0.309 e. The lowest BCUT2D eigenvalue weighted by atomic mass is 9.77. The van der Waals surface area contributed by atoms with Gasteiger partial charge >= 0.3 is 5.71 Å². The number of hydrogen-bond acceptors (Lipinski definition) is 0. The Kier molecular flexibility index (Phi) is 3.40. The zero-order valence-electron chi connectivity index (χ0n) is 10.7. The highest BCUT2D eigenvalue weighted by molar-refractivity contribution is 6.03. The first-order valence-electron chi connectivity index (χ1n) is 5.99. The van der Waals surface area contributed by atoms with Gasteiger partial charge in [0.25, 0.3) is 0 Å². The maximum atomic E-state index is 9.36. The fraction of sp³-hybridized carbons (Fsp3) is 0.188. The van der Waals surface area contributed by atoms with Gasteiger partial charge in [0.2, 0.25) is 0 Å². The number of rotatable bonds is 3. The quantitative estimate of drug-likeness (QED) is 0.443. The predicted molar refractivity (Wildman–Crippen MR) is 73.6 cm³/mol. The Bertz CT molecular complexity index is 565. The summed E-state index contributed by atoms with van der Waals surface area (Å²) in [6.45, 7) is 4.12. The van der Waals surface area contributed by atoms with Crippen molar-refractivity contribution >= 4 is 5.71 Å². The van der Waals surface area contributed by atoms with Crippen LogP contribution in [0.3, 0.4) is 0 Å². The SMILES string of the molecule is CC(C)(C(=[N+]=[N-])c1ccccc1)c1ccccc1. The van der Waals surface area contributed by atoms with Gasteiger partial charge in [-0.1, -0.05) is 48.5 Å². The molecule has 0 aliphatic carbocycles. The van der Waals surface area contributed by atoms with Crippen molar-refractivity contribution in [1.82, 2.24) is 0 Å². The zero-order chi connectivity index (χ0) is 13.0. The van der Waals surface area contributed by atoms with Crippen LogP contribution in [-0.2, 0) is 5.41 Å². The molecule has 2 rings (SSSR count). The van der Waals surface area contributed by atoms with E-state index in [2.05, 4.69) is 18.6 Å². The molecule has 90 valence electrons. The first kappa shape index (κ1) is 12.3. The largest absolute Gasteiger partial charge is 0.361 e. The van der Waals surface area contributed by atoms with Crippen molar-refractivity contribution < 1.29 is 4.79 Å². The van der Waals surface area contributed by atoms with Crippen molar-refractivity contribution in [3.8, 4) is 0 Å². The Hall–Kier alpha value is -2.18. The normalized spacial score (nSPS) is 10.8. The Morgan fingerprint density at radius 3 is 1.89 bits per heavy atom. The van der Waals surface area contributed by atoms with E-state index in [0.29, 0.717) is 5.71 Å². The number of hydrogen-bond donors (Lipinski definition) is 0. The van der Waals surface area contributed by atoms with Crippen LogP contribution in [0, 0.1) is 0 Å². The van der Waals surface area contributed by atoms with Crippen LogP contribution in [0.1, 0.15) is 25.0 Å². The van der Waals surface area contributed by atoms with E-state index in [9.17, 15) is 5.53 Å². The van der Waals surface area contributed by atoms with Gasteiger partial charge in [-0.2, -0.15) is 4.79 Å². The first-order valence-corrected chi connectivity index (χ1v) is 5.99. The molecule has 0 bridgehead atoms. The topological polar surface area (TPSA) is 36.4 Å². The molecular formula is C16H16N2. The zero-order valence-corrected chi connectivity index (χ0v) is 10.7. The van der Waals surface area contributed by atoms with E-state index in [4.69, 9.17) is 0 Å². The molecule has 0 saturated heterocycles. The molecule has 0 fully saturated rings. The molecule has 0 spiro atoms. The maximum absolute atomic E-state index is 9.36. The van der Waals surface area contributed by atoms with E-state index < -0.39 is 0 Å². The fourth-order valence-corrected chi connectivity index (χ4v) is 2.13. The van der Waals surface area contributed by atoms with E-state index in [1.54, 1.807) is 0 Å². The Morgan fingerprint density at radius 2 is 1.39 bits per heavy atom. The van der Waals surface area contributed by atoms with Crippen LogP contribution in [0.15, 0.2) is 60.7 Å². The molecular weight excluding hydrogens is 220 g/mol. The van der Waals surface area contributed by atoms with Gasteiger partial charge in [0.15, 0.2) is 0 Å². The molecule has 0 N–H and O–H groups in total. The van der Waals surface area contributed by atoms with Crippen LogP contribution in [0.25, 0.3) is 5.53 Å². The van der Waals surface area contributed by atoms with E-state index in [1.165, 1.54) is 0 Å². The molecule has 2 heteroatoms. The molecule has 2 aromatic carbocycles. The van der Waals surface area contributed by atoms with Gasteiger partial charge in [0.05, 0.1) is 11.0 Å². The third kappa shape index (κ3) is 2.24. The van der Waals surface area contributed by atoms with Gasteiger partial charge in [-0.15, -0.1) is 0 Å². The molecule has 0 heterocycles. The second-order valence-electron chi connectivity index (χ2n) is 4.81. The van der Waals surface area contributed by atoms with Crippen molar-refractivity contribution in [3.05, 3.63) is 77.3 Å². The molecule has 0 unspecified atom stereocenters. The molecule has 2 nitrogen and oxygen atoms in total. The highest BCUT2D eigenvalue weighted by Gasteiger charge is 2.35. The van der Waals surface area contributed by atoms with Gasteiger partial charge in [-0.25, -0.2) is 0 Å². The summed E-state index contributed by atoms with van der Waals surface area (Å²) in [6.07, 6.45) is 0. The summed E-state index contributed by atoms with van der Waals surface area (Å²) >= 11 is 0. The van der Waals surface area contributed by atoms with Crippen LogP contribution in [0.2, 0.25) is 0 Å². The Morgan fingerprint density at radius 1 is 0.889 bits per heavy atom. The lowest BCUT2D eigenvalue weighted by Crippen LogP contribution is -2.30. The van der Waals surface area contributed by atoms with Crippen LogP contribution >= 0.6 is 0 Å². The van der Waals surface area contributed by atoms with Crippen molar-refractivity contribution in [2.45, 2.75) is 19.3 Å². The van der Waals surface area contributed by atoms with E-state index >= 15 is 0 Å². The third-order valence-corrected chi connectivity index (χ3v) is 3.23. The van der Waals surface area contributed by atoms with Gasteiger partial charge in [0.1, 0.15) is 0 Å². The minimum Gasteiger partial charge on any atom is -0.361 e. The lowest BCUT2D eigenvalue weighted by Gasteiger charge is -2.20.